The summed E-state index contributed by atoms with van der Waals surface area (Å²) in [5.41, 5.74) is 0.334. The van der Waals surface area contributed by atoms with Crippen molar-refractivity contribution in [2.24, 2.45) is 0 Å². The summed E-state index contributed by atoms with van der Waals surface area (Å²) in [5.74, 6) is -0.222. The van der Waals surface area contributed by atoms with Crippen molar-refractivity contribution < 1.29 is 9.90 Å². The first-order valence-electron chi connectivity index (χ1n) is 4.54. The highest BCUT2D eigenvalue weighted by Crippen LogP contribution is 2.22. The second-order valence-electron chi connectivity index (χ2n) is 2.95. The number of amides is 1. The molecule has 0 aliphatic rings. The van der Waals surface area contributed by atoms with Gasteiger partial charge in [0.05, 0.1) is 11.6 Å². The Morgan fingerprint density at radius 2 is 2.27 bits per heavy atom. The summed E-state index contributed by atoms with van der Waals surface area (Å²) in [4.78, 5) is 16.0. The van der Waals surface area contributed by atoms with Gasteiger partial charge in [0, 0.05) is 13.1 Å². The monoisotopic (exact) mass is 250 g/mol. The van der Waals surface area contributed by atoms with Crippen molar-refractivity contribution in [3.63, 3.8) is 0 Å². The summed E-state index contributed by atoms with van der Waals surface area (Å²) in [6.45, 7) is 2.58. The van der Waals surface area contributed by atoms with Gasteiger partial charge in [0.15, 0.2) is 0 Å². The van der Waals surface area contributed by atoms with Gasteiger partial charge in [-0.15, -0.1) is 0 Å². The zero-order valence-electron chi connectivity index (χ0n) is 8.26. The van der Waals surface area contributed by atoms with Crippen molar-refractivity contribution in [3.05, 3.63) is 21.9 Å². The Kier molecular flexibility index (Phi) is 4.45. The molecule has 0 bridgehead atoms. The molecule has 0 fully saturated rings. The third-order valence-corrected chi connectivity index (χ3v) is 2.69. The molecule has 1 rings (SSSR count). The molecule has 4 nitrogen and oxygen atoms in total. The van der Waals surface area contributed by atoms with E-state index >= 15 is 0 Å². The lowest BCUT2D eigenvalue weighted by Crippen LogP contribution is -2.33. The maximum atomic E-state index is 11.8. The van der Waals surface area contributed by atoms with Crippen molar-refractivity contribution in [1.82, 2.24) is 9.88 Å². The molecule has 0 saturated carbocycles. The first-order valence-corrected chi connectivity index (χ1v) is 5.29. The fraction of sp³-hybridized carbons (Fsp3) is 0.444. The zero-order valence-corrected chi connectivity index (χ0v) is 9.77. The van der Waals surface area contributed by atoms with E-state index in [1.165, 1.54) is 11.0 Å². The minimum absolute atomic E-state index is 0.0677. The van der Waals surface area contributed by atoms with Crippen LogP contribution in [-0.4, -0.2) is 40.6 Å². The summed E-state index contributed by atoms with van der Waals surface area (Å²) < 4.78 is 0. The van der Waals surface area contributed by atoms with Gasteiger partial charge in [-0.25, -0.2) is 0 Å². The summed E-state index contributed by atoms with van der Waals surface area (Å²) in [6, 6.07) is 1.48. The van der Waals surface area contributed by atoms with Gasteiger partial charge in [-0.2, -0.15) is 0 Å². The lowest BCUT2D eigenvalue weighted by Gasteiger charge is -2.18. The summed E-state index contributed by atoms with van der Waals surface area (Å²) in [5, 5.41) is 9.34. The summed E-state index contributed by atoms with van der Waals surface area (Å²) in [7, 11) is 0. The van der Waals surface area contributed by atoms with Gasteiger partial charge in [-0.1, -0.05) is 23.2 Å². The fourth-order valence-electron chi connectivity index (χ4n) is 1.21. The number of halogens is 2. The van der Waals surface area contributed by atoms with Crippen molar-refractivity contribution in [3.8, 4) is 0 Å². The summed E-state index contributed by atoms with van der Waals surface area (Å²) in [6.07, 6.45) is 0. The Balaban J connectivity index is 2.82. The molecule has 1 heterocycles. The Morgan fingerprint density at radius 1 is 1.60 bits per heavy atom. The molecule has 84 valence electrons. The number of likely N-dealkylation sites (N-methyl/N-ethyl adjacent to an activating group) is 1. The van der Waals surface area contributed by atoms with Gasteiger partial charge in [0.25, 0.3) is 5.91 Å². The number of rotatable bonds is 4. The molecule has 0 atom stereocenters. The number of carbonyl (C=O) groups excluding carboxylic acids is 1. The van der Waals surface area contributed by atoms with E-state index in [4.69, 9.17) is 28.3 Å². The van der Waals surface area contributed by atoms with Gasteiger partial charge in [0.1, 0.15) is 10.8 Å². The molecule has 1 aromatic heterocycles. The number of H-pyrrole nitrogens is 1. The number of carbonyl (C=O) groups is 1. The lowest BCUT2D eigenvalue weighted by atomic mass is 10.3. The van der Waals surface area contributed by atoms with Crippen LogP contribution in [0.15, 0.2) is 6.07 Å². The Labute approximate surface area is 97.8 Å². The number of nitrogens with one attached hydrogen (secondary N) is 1. The molecule has 0 saturated heterocycles. The quantitative estimate of drug-likeness (QED) is 0.856. The average molecular weight is 251 g/mol. The highest BCUT2D eigenvalue weighted by atomic mass is 35.5. The van der Waals surface area contributed by atoms with Crippen LogP contribution in [0.3, 0.4) is 0 Å². The molecule has 0 unspecified atom stereocenters. The van der Waals surface area contributed by atoms with E-state index in [1.807, 2.05) is 6.92 Å². The van der Waals surface area contributed by atoms with Crippen LogP contribution in [0.4, 0.5) is 0 Å². The molecular weight excluding hydrogens is 239 g/mol. The lowest BCUT2D eigenvalue weighted by molar-refractivity contribution is 0.0727. The van der Waals surface area contributed by atoms with Crippen LogP contribution in [0.1, 0.15) is 17.4 Å². The average Bonchev–Trinajstić information content (AvgIpc) is 2.55. The van der Waals surface area contributed by atoms with Gasteiger partial charge in [-0.05, 0) is 13.0 Å². The molecule has 6 heteroatoms. The van der Waals surface area contributed by atoms with Crippen LogP contribution < -0.4 is 0 Å². The number of aliphatic hydroxyl groups is 1. The topological polar surface area (TPSA) is 56.3 Å². The van der Waals surface area contributed by atoms with E-state index in [0.29, 0.717) is 23.8 Å². The number of aromatic nitrogens is 1. The highest BCUT2D eigenvalue weighted by molar-refractivity contribution is 6.41. The Hall–Kier alpha value is -0.710. The van der Waals surface area contributed by atoms with E-state index in [0.717, 1.165) is 0 Å². The van der Waals surface area contributed by atoms with Crippen molar-refractivity contribution in [1.29, 1.82) is 0 Å². The van der Waals surface area contributed by atoms with E-state index in [-0.39, 0.29) is 17.7 Å². The third-order valence-electron chi connectivity index (χ3n) is 1.99. The van der Waals surface area contributed by atoms with Crippen LogP contribution in [0, 0.1) is 0 Å². The molecule has 0 aliphatic heterocycles. The van der Waals surface area contributed by atoms with Gasteiger partial charge in [-0.3, -0.25) is 4.79 Å². The predicted molar refractivity (Wildman–Crippen MR) is 59.5 cm³/mol. The van der Waals surface area contributed by atoms with Gasteiger partial charge in [0.2, 0.25) is 0 Å². The predicted octanol–water partition coefficient (Wildman–Crippen LogP) is 1.78. The molecular formula is C9H12Cl2N2O2. The first-order chi connectivity index (χ1) is 7.10. The van der Waals surface area contributed by atoms with Gasteiger partial charge < -0.3 is 15.0 Å². The largest absolute Gasteiger partial charge is 0.395 e. The molecule has 0 radical (unpaired) electrons. The second kappa shape index (κ2) is 5.39. The van der Waals surface area contributed by atoms with Crippen LogP contribution in [-0.2, 0) is 0 Å². The van der Waals surface area contributed by atoms with Crippen LogP contribution in [0.5, 0.6) is 0 Å². The molecule has 0 spiro atoms. The highest BCUT2D eigenvalue weighted by Gasteiger charge is 2.16. The Morgan fingerprint density at radius 3 is 2.67 bits per heavy atom. The molecule has 1 aromatic rings. The molecule has 1 amide bonds. The zero-order chi connectivity index (χ0) is 11.4. The number of aromatic amines is 1. The summed E-state index contributed by atoms with van der Waals surface area (Å²) >= 11 is 11.4. The maximum Gasteiger partial charge on any atom is 0.270 e. The number of hydrogen-bond acceptors (Lipinski definition) is 2. The second-order valence-corrected chi connectivity index (χ2v) is 3.74. The molecule has 2 N–H and O–H groups in total. The van der Waals surface area contributed by atoms with E-state index in [2.05, 4.69) is 4.98 Å². The van der Waals surface area contributed by atoms with Crippen molar-refractivity contribution in [2.75, 3.05) is 19.7 Å². The fourth-order valence-corrected chi connectivity index (χ4v) is 1.53. The van der Waals surface area contributed by atoms with Crippen molar-refractivity contribution >= 4 is 29.1 Å². The van der Waals surface area contributed by atoms with Gasteiger partial charge >= 0.3 is 0 Å². The maximum absolute atomic E-state index is 11.8. The number of aliphatic hydroxyl groups excluding tert-OH is 1. The van der Waals surface area contributed by atoms with Crippen LogP contribution >= 0.6 is 23.2 Å². The standard InChI is InChI=1S/C9H12Cl2N2O2/c1-2-13(3-4-14)9(15)7-5-6(10)8(11)12-7/h5,12,14H,2-4H2,1H3. The number of hydrogen-bond donors (Lipinski definition) is 2. The van der Waals surface area contributed by atoms with Crippen LogP contribution in [0.2, 0.25) is 10.2 Å². The smallest absolute Gasteiger partial charge is 0.270 e. The van der Waals surface area contributed by atoms with E-state index < -0.39 is 0 Å². The molecule has 15 heavy (non-hydrogen) atoms. The third kappa shape index (κ3) is 2.87. The normalized spacial score (nSPS) is 10.4. The van der Waals surface area contributed by atoms with E-state index in [1.54, 1.807) is 0 Å². The van der Waals surface area contributed by atoms with Crippen LogP contribution in [0.25, 0.3) is 0 Å². The first kappa shape index (κ1) is 12.4. The minimum atomic E-state index is -0.222. The Bertz CT molecular complexity index is 332. The minimum Gasteiger partial charge on any atom is -0.395 e. The van der Waals surface area contributed by atoms with Crippen molar-refractivity contribution in [2.45, 2.75) is 6.92 Å². The van der Waals surface area contributed by atoms with E-state index in [9.17, 15) is 4.79 Å². The number of nitrogens with zero attached hydrogens (tertiary/aromatic N) is 1. The molecule has 0 aliphatic carbocycles. The SMILES string of the molecule is CCN(CCO)C(=O)c1cc(Cl)c(Cl)[nH]1. The molecule has 0 aromatic carbocycles.